The van der Waals surface area contributed by atoms with Crippen molar-refractivity contribution in [1.29, 1.82) is 0 Å². The fraction of sp³-hybridized carbons (Fsp3) is 0.100. The summed E-state index contributed by atoms with van der Waals surface area (Å²) < 4.78 is 7.55. The summed E-state index contributed by atoms with van der Waals surface area (Å²) in [5, 5.41) is 5.13. The van der Waals surface area contributed by atoms with Crippen molar-refractivity contribution in [3.8, 4) is 5.75 Å². The first-order valence-electron chi connectivity index (χ1n) is 8.17. The minimum Gasteiger partial charge on any atom is -0.495 e. The number of benzene rings is 2. The van der Waals surface area contributed by atoms with Crippen LogP contribution >= 0.6 is 23.2 Å². The van der Waals surface area contributed by atoms with E-state index in [9.17, 15) is 4.79 Å². The number of aromatic nitrogens is 2. The number of anilines is 1. The van der Waals surface area contributed by atoms with E-state index in [1.807, 2.05) is 35.9 Å². The van der Waals surface area contributed by atoms with Crippen molar-refractivity contribution in [2.75, 3.05) is 12.4 Å². The third-order valence-electron chi connectivity index (χ3n) is 4.57. The number of amides is 1. The molecule has 0 unspecified atom stereocenters. The molecule has 0 aliphatic carbocycles. The predicted octanol–water partition coefficient (Wildman–Crippen LogP) is 5.29. The first-order valence-corrected chi connectivity index (χ1v) is 8.93. The van der Waals surface area contributed by atoms with E-state index in [1.54, 1.807) is 19.2 Å². The molecule has 4 aromatic rings. The van der Waals surface area contributed by atoms with Crippen LogP contribution in [-0.2, 0) is 7.05 Å². The molecule has 0 aliphatic heterocycles. The molecule has 2 aromatic carbocycles. The van der Waals surface area contributed by atoms with Gasteiger partial charge in [0.05, 0.1) is 28.4 Å². The van der Waals surface area contributed by atoms with Crippen LogP contribution in [0.25, 0.3) is 21.8 Å². The van der Waals surface area contributed by atoms with Crippen LogP contribution < -0.4 is 10.1 Å². The molecule has 0 atom stereocenters. The van der Waals surface area contributed by atoms with Crippen molar-refractivity contribution < 1.29 is 9.53 Å². The lowest BCUT2D eigenvalue weighted by Gasteiger charge is -2.11. The Hall–Kier alpha value is -2.76. The summed E-state index contributed by atoms with van der Waals surface area (Å²) in [5.74, 6) is 0.384. The molecule has 7 heteroatoms. The first-order chi connectivity index (χ1) is 13.0. The van der Waals surface area contributed by atoms with Gasteiger partial charge < -0.3 is 14.6 Å². The molecule has 136 valence electrons. The molecule has 5 nitrogen and oxygen atoms in total. The molecular formula is C20H15Cl2N3O2. The molecule has 1 N–H and O–H groups in total. The second-order valence-corrected chi connectivity index (χ2v) is 6.86. The summed E-state index contributed by atoms with van der Waals surface area (Å²) in [6.07, 6.45) is 2.87. The Morgan fingerprint density at radius 3 is 2.52 bits per heavy atom. The molecule has 0 bridgehead atoms. The maximum atomic E-state index is 13.1. The van der Waals surface area contributed by atoms with Gasteiger partial charge in [-0.3, -0.25) is 9.78 Å². The van der Waals surface area contributed by atoms with Gasteiger partial charge in [-0.25, -0.2) is 0 Å². The number of pyridine rings is 1. The van der Waals surface area contributed by atoms with E-state index in [1.165, 1.54) is 12.4 Å². The summed E-state index contributed by atoms with van der Waals surface area (Å²) in [7, 11) is 3.56. The number of aryl methyl sites for hydroxylation is 1. The Bertz CT molecular complexity index is 1180. The second-order valence-electron chi connectivity index (χ2n) is 6.05. The van der Waals surface area contributed by atoms with Crippen molar-refractivity contribution in [3.05, 3.63) is 64.4 Å². The number of fused-ring (bicyclic) bond motifs is 3. The highest BCUT2D eigenvalue weighted by Crippen LogP contribution is 2.37. The molecule has 0 saturated heterocycles. The summed E-state index contributed by atoms with van der Waals surface area (Å²) in [4.78, 5) is 17.0. The maximum absolute atomic E-state index is 13.1. The molecule has 0 saturated carbocycles. The summed E-state index contributed by atoms with van der Waals surface area (Å²) >= 11 is 12.3. The standard InChI is InChI=1S/C20H15Cl2N3O2/c1-25-15-6-4-3-5-11(15)17-12(7-8-16(27-2)19(17)25)20(26)24-18-13(21)9-23-10-14(18)22/h3-10H,1-2H3,(H,23,24,26). The average molecular weight is 400 g/mol. The fourth-order valence-corrected chi connectivity index (χ4v) is 3.80. The fourth-order valence-electron chi connectivity index (χ4n) is 3.34. The molecular weight excluding hydrogens is 385 g/mol. The molecule has 4 rings (SSSR count). The van der Waals surface area contributed by atoms with E-state index in [0.29, 0.717) is 17.0 Å². The summed E-state index contributed by atoms with van der Waals surface area (Å²) in [6, 6.07) is 11.4. The Kier molecular flexibility index (Phi) is 4.42. The van der Waals surface area contributed by atoms with E-state index in [4.69, 9.17) is 27.9 Å². The van der Waals surface area contributed by atoms with Gasteiger partial charge in [0.25, 0.3) is 5.91 Å². The lowest BCUT2D eigenvalue weighted by Crippen LogP contribution is -2.13. The smallest absolute Gasteiger partial charge is 0.256 e. The van der Waals surface area contributed by atoms with Crippen LogP contribution in [0.15, 0.2) is 48.8 Å². The highest BCUT2D eigenvalue weighted by atomic mass is 35.5. The molecule has 2 heterocycles. The highest BCUT2D eigenvalue weighted by molar-refractivity contribution is 6.40. The van der Waals surface area contributed by atoms with Crippen LogP contribution in [0.4, 0.5) is 5.69 Å². The topological polar surface area (TPSA) is 56.1 Å². The molecule has 0 fully saturated rings. The number of nitrogens with zero attached hydrogens (tertiary/aromatic N) is 2. The number of hydrogen-bond acceptors (Lipinski definition) is 3. The monoisotopic (exact) mass is 399 g/mol. The number of nitrogens with one attached hydrogen (secondary N) is 1. The Balaban J connectivity index is 1.95. The number of methoxy groups -OCH3 is 1. The third-order valence-corrected chi connectivity index (χ3v) is 5.14. The minimum atomic E-state index is -0.311. The zero-order valence-electron chi connectivity index (χ0n) is 14.6. The number of hydrogen-bond donors (Lipinski definition) is 1. The number of halogens is 2. The van der Waals surface area contributed by atoms with Gasteiger partial charge in [0.15, 0.2) is 0 Å². The zero-order chi connectivity index (χ0) is 19.1. The number of rotatable bonds is 3. The first kappa shape index (κ1) is 17.6. The van der Waals surface area contributed by atoms with Gasteiger partial charge >= 0.3 is 0 Å². The Morgan fingerprint density at radius 1 is 1.11 bits per heavy atom. The normalized spacial score (nSPS) is 11.1. The lowest BCUT2D eigenvalue weighted by molar-refractivity contribution is 0.102. The van der Waals surface area contributed by atoms with Gasteiger partial charge in [-0.15, -0.1) is 0 Å². The van der Waals surface area contributed by atoms with Crippen molar-refractivity contribution in [1.82, 2.24) is 9.55 Å². The lowest BCUT2D eigenvalue weighted by atomic mass is 10.0. The van der Waals surface area contributed by atoms with Crippen LogP contribution in [0.3, 0.4) is 0 Å². The molecule has 0 aliphatic rings. The van der Waals surface area contributed by atoms with Gasteiger partial charge in [-0.2, -0.15) is 0 Å². The third kappa shape index (κ3) is 2.80. The summed E-state index contributed by atoms with van der Waals surface area (Å²) in [5.41, 5.74) is 2.69. The van der Waals surface area contributed by atoms with Crippen LogP contribution in [0.2, 0.25) is 10.0 Å². The van der Waals surface area contributed by atoms with Gasteiger partial charge in [-0.1, -0.05) is 41.4 Å². The maximum Gasteiger partial charge on any atom is 0.256 e. The van der Waals surface area contributed by atoms with Gasteiger partial charge in [0, 0.05) is 41.3 Å². The molecule has 0 spiro atoms. The van der Waals surface area contributed by atoms with Crippen LogP contribution in [-0.4, -0.2) is 22.6 Å². The SMILES string of the molecule is COc1ccc(C(=O)Nc2c(Cl)cncc2Cl)c2c3ccccc3n(C)c12. The van der Waals surface area contributed by atoms with Crippen LogP contribution in [0, 0.1) is 0 Å². The Morgan fingerprint density at radius 2 is 1.81 bits per heavy atom. The molecule has 27 heavy (non-hydrogen) atoms. The van der Waals surface area contributed by atoms with E-state index in [0.717, 1.165) is 21.8 Å². The number of carbonyl (C=O) groups is 1. The minimum absolute atomic E-state index is 0.276. The van der Waals surface area contributed by atoms with Crippen molar-refractivity contribution in [3.63, 3.8) is 0 Å². The van der Waals surface area contributed by atoms with E-state index < -0.39 is 0 Å². The quantitative estimate of drug-likeness (QED) is 0.508. The second kappa shape index (κ2) is 6.76. The van der Waals surface area contributed by atoms with Gasteiger partial charge in [-0.05, 0) is 18.2 Å². The highest BCUT2D eigenvalue weighted by Gasteiger charge is 2.21. The predicted molar refractivity (Wildman–Crippen MR) is 109 cm³/mol. The van der Waals surface area contributed by atoms with Gasteiger partial charge in [0.1, 0.15) is 5.75 Å². The van der Waals surface area contributed by atoms with Crippen molar-refractivity contribution in [2.45, 2.75) is 0 Å². The van der Waals surface area contributed by atoms with Crippen molar-refractivity contribution in [2.24, 2.45) is 7.05 Å². The average Bonchev–Trinajstić information content (AvgIpc) is 2.98. The number of ether oxygens (including phenoxy) is 1. The van der Waals surface area contributed by atoms with Crippen LogP contribution in [0.1, 0.15) is 10.4 Å². The van der Waals surface area contributed by atoms with Crippen LogP contribution in [0.5, 0.6) is 5.75 Å². The molecule has 2 aromatic heterocycles. The zero-order valence-corrected chi connectivity index (χ0v) is 16.1. The molecule has 1 amide bonds. The van der Waals surface area contributed by atoms with Crippen molar-refractivity contribution >= 4 is 56.6 Å². The van der Waals surface area contributed by atoms with E-state index >= 15 is 0 Å². The Labute approximate surface area is 165 Å². The largest absolute Gasteiger partial charge is 0.495 e. The van der Waals surface area contributed by atoms with E-state index in [2.05, 4.69) is 10.3 Å². The molecule has 0 radical (unpaired) electrons. The number of para-hydroxylation sites is 1. The number of carbonyl (C=O) groups excluding carboxylic acids is 1. The van der Waals surface area contributed by atoms with E-state index in [-0.39, 0.29) is 16.0 Å². The summed E-state index contributed by atoms with van der Waals surface area (Å²) in [6.45, 7) is 0. The van der Waals surface area contributed by atoms with Gasteiger partial charge in [0.2, 0.25) is 0 Å².